The van der Waals surface area contributed by atoms with Crippen molar-refractivity contribution in [2.45, 2.75) is 26.3 Å². The van der Waals surface area contributed by atoms with Gasteiger partial charge >= 0.3 is 0 Å². The van der Waals surface area contributed by atoms with Gasteiger partial charge in [-0.1, -0.05) is 6.58 Å². The first kappa shape index (κ1) is 12.9. The maximum atomic E-state index is 5.77. The highest BCUT2D eigenvalue weighted by Gasteiger charge is 2.09. The number of aromatic nitrogens is 2. The maximum Gasteiger partial charge on any atom is 0.151 e. The maximum absolute atomic E-state index is 5.77. The topological polar surface area (TPSA) is 56.2 Å². The monoisotopic (exact) mass is 238 g/mol. The molecule has 0 fully saturated rings. The molecule has 5 heteroatoms. The highest BCUT2D eigenvalue weighted by atomic mass is 31.0. The average Bonchev–Trinajstić information content (AvgIpc) is 2.61. The van der Waals surface area contributed by atoms with Gasteiger partial charge in [-0.05, 0) is 25.9 Å². The summed E-state index contributed by atoms with van der Waals surface area (Å²) in [5, 5.41) is 0. The molecule has 0 aromatic carbocycles. The first-order valence-electron chi connectivity index (χ1n) is 5.37. The van der Waals surface area contributed by atoms with E-state index in [1.165, 1.54) is 12.6 Å². The molecule has 0 bridgehead atoms. The first-order valence-corrected chi connectivity index (χ1v) is 6.18. The van der Waals surface area contributed by atoms with E-state index in [1.54, 1.807) is 0 Å². The van der Waals surface area contributed by atoms with Crippen LogP contribution in [0.1, 0.15) is 24.2 Å². The Morgan fingerprint density at radius 3 is 3.06 bits per heavy atom. The van der Waals surface area contributed by atoms with E-state index in [4.69, 9.17) is 5.73 Å². The SMILES string of the molecule is C=CN=C(N)c1ncn(CCCCP)c1C. The molecule has 1 aromatic heterocycles. The average molecular weight is 238 g/mol. The molecule has 0 aliphatic carbocycles. The van der Waals surface area contributed by atoms with Crippen molar-refractivity contribution in [3.05, 3.63) is 30.5 Å². The summed E-state index contributed by atoms with van der Waals surface area (Å²) in [6.07, 6.45) is 6.74. The Kier molecular flexibility index (Phi) is 5.20. The van der Waals surface area contributed by atoms with Gasteiger partial charge < -0.3 is 10.3 Å². The number of amidine groups is 1. The van der Waals surface area contributed by atoms with E-state index in [0.29, 0.717) is 5.84 Å². The van der Waals surface area contributed by atoms with Crippen LogP contribution in [0.4, 0.5) is 0 Å². The van der Waals surface area contributed by atoms with Crippen molar-refractivity contribution >= 4 is 15.1 Å². The quantitative estimate of drug-likeness (QED) is 0.355. The molecule has 1 unspecified atom stereocenters. The molecule has 4 nitrogen and oxygen atoms in total. The van der Waals surface area contributed by atoms with E-state index in [2.05, 4.69) is 30.4 Å². The van der Waals surface area contributed by atoms with Crippen LogP contribution in [0.15, 0.2) is 24.1 Å². The summed E-state index contributed by atoms with van der Waals surface area (Å²) in [6, 6.07) is 0. The third-order valence-corrected chi connectivity index (χ3v) is 2.83. The molecule has 1 aromatic rings. The third kappa shape index (κ3) is 3.17. The van der Waals surface area contributed by atoms with Crippen LogP contribution in [0.25, 0.3) is 0 Å². The van der Waals surface area contributed by atoms with Crippen LogP contribution in [0.3, 0.4) is 0 Å². The standard InChI is InChI=1S/C11H19N4P/c1-3-13-11(12)10-9(2)15(8-14-10)6-4-5-7-16/h3,8H,1,4-7,16H2,2H3,(H2,12,13). The van der Waals surface area contributed by atoms with Gasteiger partial charge in [0.25, 0.3) is 0 Å². The first-order chi connectivity index (χ1) is 7.70. The van der Waals surface area contributed by atoms with Gasteiger partial charge in [0.1, 0.15) is 5.69 Å². The number of aliphatic imine (C=N–C) groups is 1. The van der Waals surface area contributed by atoms with Gasteiger partial charge in [-0.15, -0.1) is 9.24 Å². The van der Waals surface area contributed by atoms with Gasteiger partial charge in [0.05, 0.1) is 6.33 Å². The molecule has 0 saturated heterocycles. The van der Waals surface area contributed by atoms with Crippen molar-refractivity contribution in [3.63, 3.8) is 0 Å². The van der Waals surface area contributed by atoms with Crippen LogP contribution >= 0.6 is 9.24 Å². The van der Waals surface area contributed by atoms with Crippen molar-refractivity contribution in [2.24, 2.45) is 10.7 Å². The number of nitrogens with zero attached hydrogens (tertiary/aromatic N) is 3. The highest BCUT2D eigenvalue weighted by Crippen LogP contribution is 2.08. The molecule has 0 aliphatic heterocycles. The number of hydrogen-bond acceptors (Lipinski definition) is 2. The van der Waals surface area contributed by atoms with Crippen LogP contribution in [-0.4, -0.2) is 21.5 Å². The lowest BCUT2D eigenvalue weighted by molar-refractivity contribution is 0.622. The summed E-state index contributed by atoms with van der Waals surface area (Å²) in [6.45, 7) is 6.51. The van der Waals surface area contributed by atoms with Gasteiger partial charge in [-0.3, -0.25) is 0 Å². The van der Waals surface area contributed by atoms with Crippen molar-refractivity contribution in [3.8, 4) is 0 Å². The molecule has 0 spiro atoms. The van der Waals surface area contributed by atoms with E-state index in [1.807, 2.05) is 13.3 Å². The zero-order valence-corrected chi connectivity index (χ0v) is 10.8. The zero-order valence-electron chi connectivity index (χ0n) is 9.69. The van der Waals surface area contributed by atoms with E-state index in [-0.39, 0.29) is 0 Å². The van der Waals surface area contributed by atoms with Gasteiger partial charge in [0.15, 0.2) is 5.84 Å². The van der Waals surface area contributed by atoms with Gasteiger partial charge in [-0.25, -0.2) is 9.98 Å². The Bertz CT molecular complexity index is 381. The van der Waals surface area contributed by atoms with Crippen molar-refractivity contribution in [1.29, 1.82) is 0 Å². The van der Waals surface area contributed by atoms with Gasteiger partial charge in [0.2, 0.25) is 0 Å². The summed E-state index contributed by atoms with van der Waals surface area (Å²) in [7, 11) is 2.74. The summed E-state index contributed by atoms with van der Waals surface area (Å²) >= 11 is 0. The second-order valence-electron chi connectivity index (χ2n) is 3.56. The van der Waals surface area contributed by atoms with Crippen molar-refractivity contribution in [1.82, 2.24) is 9.55 Å². The molecule has 1 rings (SSSR count). The smallest absolute Gasteiger partial charge is 0.151 e. The van der Waals surface area contributed by atoms with E-state index in [9.17, 15) is 0 Å². The Morgan fingerprint density at radius 1 is 1.69 bits per heavy atom. The minimum Gasteiger partial charge on any atom is -0.382 e. The van der Waals surface area contributed by atoms with Crippen LogP contribution in [-0.2, 0) is 6.54 Å². The van der Waals surface area contributed by atoms with Gasteiger partial charge in [-0.2, -0.15) is 0 Å². The molecule has 0 radical (unpaired) electrons. The van der Waals surface area contributed by atoms with Crippen LogP contribution in [0.5, 0.6) is 0 Å². The van der Waals surface area contributed by atoms with E-state index < -0.39 is 0 Å². The fraction of sp³-hybridized carbons (Fsp3) is 0.455. The Hall–Kier alpha value is -1.15. The van der Waals surface area contributed by atoms with E-state index >= 15 is 0 Å². The minimum atomic E-state index is 0.428. The number of hydrogen-bond donors (Lipinski definition) is 1. The molecule has 16 heavy (non-hydrogen) atoms. The lowest BCUT2D eigenvalue weighted by Crippen LogP contribution is -2.15. The molecule has 0 aliphatic rings. The Morgan fingerprint density at radius 2 is 2.44 bits per heavy atom. The predicted molar refractivity (Wildman–Crippen MR) is 71.7 cm³/mol. The molecular formula is C11H19N4P. The molecular weight excluding hydrogens is 219 g/mol. The van der Waals surface area contributed by atoms with Crippen molar-refractivity contribution in [2.75, 3.05) is 6.16 Å². The number of imidazole rings is 1. The lowest BCUT2D eigenvalue weighted by atomic mass is 10.3. The van der Waals surface area contributed by atoms with Crippen LogP contribution < -0.4 is 5.73 Å². The molecule has 2 N–H and O–H groups in total. The zero-order chi connectivity index (χ0) is 12.0. The molecule has 0 amide bonds. The molecule has 1 heterocycles. The highest BCUT2D eigenvalue weighted by molar-refractivity contribution is 7.16. The summed E-state index contributed by atoms with van der Waals surface area (Å²) in [5.74, 6) is 0.428. The number of unbranched alkanes of at least 4 members (excludes halogenated alkanes) is 1. The van der Waals surface area contributed by atoms with E-state index in [0.717, 1.165) is 30.5 Å². The fourth-order valence-corrected chi connectivity index (χ4v) is 1.80. The summed E-state index contributed by atoms with van der Waals surface area (Å²) < 4.78 is 2.11. The number of nitrogens with two attached hydrogens (primary N) is 1. The Balaban J connectivity index is 2.76. The molecule has 0 saturated carbocycles. The largest absolute Gasteiger partial charge is 0.382 e. The number of aryl methyl sites for hydroxylation is 1. The fourth-order valence-electron chi connectivity index (χ4n) is 1.51. The normalized spacial score (nSPS) is 11.8. The summed E-state index contributed by atoms with van der Waals surface area (Å²) in [4.78, 5) is 8.21. The Labute approximate surface area is 98.9 Å². The predicted octanol–water partition coefficient (Wildman–Crippen LogP) is 1.70. The summed E-state index contributed by atoms with van der Waals surface area (Å²) in [5.41, 5.74) is 7.59. The number of rotatable bonds is 6. The molecule has 88 valence electrons. The second-order valence-corrected chi connectivity index (χ2v) is 4.14. The third-order valence-electron chi connectivity index (χ3n) is 2.43. The van der Waals surface area contributed by atoms with Gasteiger partial charge in [0, 0.05) is 18.4 Å². The minimum absolute atomic E-state index is 0.428. The van der Waals surface area contributed by atoms with Crippen LogP contribution in [0, 0.1) is 6.92 Å². The van der Waals surface area contributed by atoms with Crippen LogP contribution in [0.2, 0.25) is 0 Å². The van der Waals surface area contributed by atoms with Crippen molar-refractivity contribution < 1.29 is 0 Å². The molecule has 1 atom stereocenters. The lowest BCUT2D eigenvalue weighted by Gasteiger charge is -2.04. The second kappa shape index (κ2) is 6.44.